The first-order valence-corrected chi connectivity index (χ1v) is 6.84. The van der Waals surface area contributed by atoms with E-state index in [-0.39, 0.29) is 0 Å². The third-order valence-corrected chi connectivity index (χ3v) is 3.78. The van der Waals surface area contributed by atoms with Crippen molar-refractivity contribution in [3.63, 3.8) is 0 Å². The van der Waals surface area contributed by atoms with Gasteiger partial charge in [0, 0.05) is 45.2 Å². The van der Waals surface area contributed by atoms with Gasteiger partial charge >= 0.3 is 0 Å². The molecule has 1 aliphatic heterocycles. The second-order valence-electron chi connectivity index (χ2n) is 4.68. The van der Waals surface area contributed by atoms with Crippen LogP contribution in [-0.4, -0.2) is 56.1 Å². The zero-order valence-electron chi connectivity index (χ0n) is 10.2. The Hall–Kier alpha value is -0.360. The third kappa shape index (κ3) is 3.55. The molecular formula is C12H20BrN3O. The van der Waals surface area contributed by atoms with Crippen molar-refractivity contribution in [2.75, 3.05) is 46.3 Å². The fraction of sp³-hybridized carbons (Fsp3) is 0.667. The lowest BCUT2D eigenvalue weighted by molar-refractivity contribution is 0.144. The number of halogens is 1. The molecule has 2 N–H and O–H groups in total. The Morgan fingerprint density at radius 3 is 2.59 bits per heavy atom. The second-order valence-corrected chi connectivity index (χ2v) is 5.46. The number of likely N-dealkylation sites (N-methyl/N-ethyl adjacent to an activating group) is 1. The lowest BCUT2D eigenvalue weighted by Crippen LogP contribution is -2.46. The summed E-state index contributed by atoms with van der Waals surface area (Å²) in [5.41, 5.74) is 5.85. The van der Waals surface area contributed by atoms with Crippen LogP contribution in [0, 0.1) is 0 Å². The van der Waals surface area contributed by atoms with E-state index < -0.39 is 0 Å². The van der Waals surface area contributed by atoms with Crippen LogP contribution in [0.5, 0.6) is 0 Å². The second kappa shape index (κ2) is 6.00. The lowest BCUT2D eigenvalue weighted by Gasteiger charge is -2.34. The Morgan fingerprint density at radius 2 is 2.06 bits per heavy atom. The van der Waals surface area contributed by atoms with Crippen LogP contribution < -0.4 is 5.73 Å². The molecule has 2 heterocycles. The predicted octanol–water partition coefficient (Wildman–Crippen LogP) is 1.33. The maximum Gasteiger partial charge on any atom is 0.169 e. The maximum absolute atomic E-state index is 5.85. The molecule has 1 aromatic rings. The summed E-state index contributed by atoms with van der Waals surface area (Å²) in [4.78, 5) is 4.82. The van der Waals surface area contributed by atoms with Crippen molar-refractivity contribution < 1.29 is 4.42 Å². The van der Waals surface area contributed by atoms with E-state index in [0.29, 0.717) is 12.5 Å². The summed E-state index contributed by atoms with van der Waals surface area (Å²) in [5.74, 6) is 1.28. The smallest absolute Gasteiger partial charge is 0.169 e. The average molecular weight is 302 g/mol. The molecule has 4 nitrogen and oxygen atoms in total. The molecule has 1 atom stereocenters. The summed E-state index contributed by atoms with van der Waals surface area (Å²) in [6, 6.07) is 3.94. The number of nitrogens with zero attached hydrogens (tertiary/aromatic N) is 2. The van der Waals surface area contributed by atoms with E-state index in [9.17, 15) is 0 Å². The topological polar surface area (TPSA) is 45.6 Å². The quantitative estimate of drug-likeness (QED) is 0.911. The maximum atomic E-state index is 5.85. The molecule has 0 radical (unpaired) electrons. The van der Waals surface area contributed by atoms with Crippen LogP contribution in [0.1, 0.15) is 11.7 Å². The van der Waals surface area contributed by atoms with Gasteiger partial charge < -0.3 is 20.0 Å². The first-order valence-electron chi connectivity index (χ1n) is 6.05. The van der Waals surface area contributed by atoms with Crippen molar-refractivity contribution in [3.05, 3.63) is 22.6 Å². The van der Waals surface area contributed by atoms with E-state index >= 15 is 0 Å². The van der Waals surface area contributed by atoms with Crippen molar-refractivity contribution in [1.29, 1.82) is 0 Å². The normalized spacial score (nSPS) is 20.6. The van der Waals surface area contributed by atoms with Crippen LogP contribution in [0.4, 0.5) is 0 Å². The van der Waals surface area contributed by atoms with Crippen LogP contribution in [0.25, 0.3) is 0 Å². The standard InChI is InChI=1S/C12H20BrN3O/c1-15-4-6-16(7-5-15)9-10(8-14)11-2-3-12(13)17-11/h2-3,10H,4-9,14H2,1H3. The Bertz CT molecular complexity index is 347. The Balaban J connectivity index is 1.91. The molecule has 96 valence electrons. The fourth-order valence-corrected chi connectivity index (χ4v) is 2.49. The number of furan rings is 1. The highest BCUT2D eigenvalue weighted by Gasteiger charge is 2.20. The first kappa shape index (κ1) is 13.1. The van der Waals surface area contributed by atoms with Crippen molar-refractivity contribution in [3.8, 4) is 0 Å². The van der Waals surface area contributed by atoms with Gasteiger partial charge in [-0.15, -0.1) is 0 Å². The van der Waals surface area contributed by atoms with Crippen LogP contribution in [-0.2, 0) is 0 Å². The molecule has 0 aliphatic carbocycles. The molecule has 0 spiro atoms. The SMILES string of the molecule is CN1CCN(CC(CN)c2ccc(Br)o2)CC1. The summed E-state index contributed by atoms with van der Waals surface area (Å²) >= 11 is 3.33. The minimum Gasteiger partial charge on any atom is -0.454 e. The van der Waals surface area contributed by atoms with Gasteiger partial charge in [0.25, 0.3) is 0 Å². The summed E-state index contributed by atoms with van der Waals surface area (Å²) < 4.78 is 6.38. The van der Waals surface area contributed by atoms with E-state index in [0.717, 1.165) is 43.2 Å². The molecule has 17 heavy (non-hydrogen) atoms. The lowest BCUT2D eigenvalue weighted by atomic mass is 10.1. The van der Waals surface area contributed by atoms with E-state index in [2.05, 4.69) is 32.8 Å². The van der Waals surface area contributed by atoms with Gasteiger partial charge in [0.2, 0.25) is 0 Å². The number of hydrogen-bond donors (Lipinski definition) is 1. The minimum atomic E-state index is 0.296. The molecule has 1 unspecified atom stereocenters. The molecule has 0 aromatic carbocycles. The van der Waals surface area contributed by atoms with Gasteiger partial charge in [0.05, 0.1) is 0 Å². The number of piperazine rings is 1. The fourth-order valence-electron chi connectivity index (χ4n) is 2.17. The van der Waals surface area contributed by atoms with Crippen LogP contribution in [0.2, 0.25) is 0 Å². The van der Waals surface area contributed by atoms with Gasteiger partial charge in [-0.05, 0) is 35.1 Å². The minimum absolute atomic E-state index is 0.296. The molecule has 0 bridgehead atoms. The highest BCUT2D eigenvalue weighted by Crippen LogP contribution is 2.22. The van der Waals surface area contributed by atoms with Gasteiger partial charge in [-0.1, -0.05) is 0 Å². The van der Waals surface area contributed by atoms with Crippen molar-refractivity contribution >= 4 is 15.9 Å². The zero-order valence-corrected chi connectivity index (χ0v) is 11.8. The zero-order chi connectivity index (χ0) is 12.3. The molecule has 1 aromatic heterocycles. The molecule has 1 aliphatic rings. The molecule has 1 fully saturated rings. The van der Waals surface area contributed by atoms with Gasteiger partial charge in [0.1, 0.15) is 5.76 Å². The van der Waals surface area contributed by atoms with E-state index in [1.165, 1.54) is 0 Å². The molecule has 5 heteroatoms. The van der Waals surface area contributed by atoms with Crippen LogP contribution in [0.15, 0.2) is 21.2 Å². The van der Waals surface area contributed by atoms with Crippen LogP contribution in [0.3, 0.4) is 0 Å². The first-order chi connectivity index (χ1) is 8.19. The predicted molar refractivity (Wildman–Crippen MR) is 72.1 cm³/mol. The highest BCUT2D eigenvalue weighted by molar-refractivity contribution is 9.10. The molecule has 0 amide bonds. The third-order valence-electron chi connectivity index (χ3n) is 3.36. The Morgan fingerprint density at radius 1 is 1.35 bits per heavy atom. The molecule has 1 saturated heterocycles. The van der Waals surface area contributed by atoms with E-state index in [1.54, 1.807) is 0 Å². The highest BCUT2D eigenvalue weighted by atomic mass is 79.9. The largest absolute Gasteiger partial charge is 0.454 e. The molecule has 0 saturated carbocycles. The Labute approximate surface area is 111 Å². The monoisotopic (exact) mass is 301 g/mol. The number of rotatable bonds is 4. The summed E-state index contributed by atoms with van der Waals surface area (Å²) in [5, 5.41) is 0. The van der Waals surface area contributed by atoms with Crippen molar-refractivity contribution in [2.45, 2.75) is 5.92 Å². The summed E-state index contributed by atoms with van der Waals surface area (Å²) in [6.45, 7) is 6.14. The summed E-state index contributed by atoms with van der Waals surface area (Å²) in [6.07, 6.45) is 0. The summed E-state index contributed by atoms with van der Waals surface area (Å²) in [7, 11) is 2.17. The van der Waals surface area contributed by atoms with E-state index in [1.807, 2.05) is 12.1 Å². The van der Waals surface area contributed by atoms with Crippen molar-refractivity contribution in [1.82, 2.24) is 9.80 Å². The molecule has 2 rings (SSSR count). The van der Waals surface area contributed by atoms with Gasteiger partial charge in [-0.2, -0.15) is 0 Å². The number of nitrogens with two attached hydrogens (primary N) is 1. The van der Waals surface area contributed by atoms with E-state index in [4.69, 9.17) is 10.2 Å². The van der Waals surface area contributed by atoms with Gasteiger partial charge in [0.15, 0.2) is 4.67 Å². The Kier molecular flexibility index (Phi) is 4.62. The average Bonchev–Trinajstić information content (AvgIpc) is 2.75. The number of hydrogen-bond acceptors (Lipinski definition) is 4. The van der Waals surface area contributed by atoms with Gasteiger partial charge in [-0.3, -0.25) is 0 Å². The van der Waals surface area contributed by atoms with Crippen molar-refractivity contribution in [2.24, 2.45) is 5.73 Å². The molecular weight excluding hydrogens is 282 g/mol. The van der Waals surface area contributed by atoms with Gasteiger partial charge in [-0.25, -0.2) is 0 Å². The van der Waals surface area contributed by atoms with Crippen LogP contribution >= 0.6 is 15.9 Å².